The molecule has 0 saturated carbocycles. The first-order chi connectivity index (χ1) is 7.44. The summed E-state index contributed by atoms with van der Waals surface area (Å²) in [6, 6.07) is 4.76. The number of aryl methyl sites for hydroxylation is 1. The van der Waals surface area contributed by atoms with E-state index in [4.69, 9.17) is 0 Å². The molecule has 1 aromatic rings. The number of aliphatic hydroxyl groups is 1. The molecule has 0 saturated heterocycles. The molecule has 0 aromatic heterocycles. The summed E-state index contributed by atoms with van der Waals surface area (Å²) < 4.78 is 13.0. The number of halogens is 1. The van der Waals surface area contributed by atoms with Crippen LogP contribution in [0.15, 0.2) is 18.2 Å². The monoisotopic (exact) mass is 225 g/mol. The summed E-state index contributed by atoms with van der Waals surface area (Å²) in [4.78, 5) is 0. The van der Waals surface area contributed by atoms with Crippen molar-refractivity contribution < 1.29 is 9.50 Å². The first kappa shape index (κ1) is 13.1. The van der Waals surface area contributed by atoms with E-state index in [9.17, 15) is 9.50 Å². The van der Waals surface area contributed by atoms with Crippen molar-refractivity contribution in [3.8, 4) is 0 Å². The molecule has 1 atom stereocenters. The van der Waals surface area contributed by atoms with Crippen molar-refractivity contribution in [1.82, 2.24) is 5.32 Å². The number of hydrogen-bond donors (Lipinski definition) is 2. The minimum absolute atomic E-state index is 0.218. The van der Waals surface area contributed by atoms with E-state index in [-0.39, 0.29) is 5.82 Å². The van der Waals surface area contributed by atoms with Gasteiger partial charge in [-0.3, -0.25) is 0 Å². The fourth-order valence-corrected chi connectivity index (χ4v) is 1.42. The highest BCUT2D eigenvalue weighted by Gasteiger charge is 2.16. The summed E-state index contributed by atoms with van der Waals surface area (Å²) in [5.74, 6) is -0.218. The van der Waals surface area contributed by atoms with Crippen molar-refractivity contribution in [1.29, 1.82) is 0 Å². The predicted octanol–water partition coefficient (Wildman–Crippen LogP) is 2.38. The van der Waals surface area contributed by atoms with Crippen LogP contribution in [0.5, 0.6) is 0 Å². The first-order valence-electron chi connectivity index (χ1n) is 5.63. The molecule has 0 aliphatic heterocycles. The zero-order chi connectivity index (χ0) is 12.2. The molecule has 2 N–H and O–H groups in total. The van der Waals surface area contributed by atoms with Gasteiger partial charge in [0.25, 0.3) is 0 Å². The highest BCUT2D eigenvalue weighted by molar-refractivity contribution is 5.26. The lowest BCUT2D eigenvalue weighted by Gasteiger charge is -2.21. The summed E-state index contributed by atoms with van der Waals surface area (Å²) >= 11 is 0. The van der Waals surface area contributed by atoms with Crippen molar-refractivity contribution >= 4 is 0 Å². The summed E-state index contributed by atoms with van der Waals surface area (Å²) in [5, 5.41) is 12.9. The Morgan fingerprint density at radius 2 is 2.12 bits per heavy atom. The predicted molar refractivity (Wildman–Crippen MR) is 63.8 cm³/mol. The Kier molecular flexibility index (Phi) is 4.44. The molecule has 1 aromatic carbocycles. The SMILES string of the molecule is CCC(C)(O)CNCc1cc(F)ccc1C. The second-order valence-corrected chi connectivity index (χ2v) is 4.52. The minimum Gasteiger partial charge on any atom is -0.389 e. The van der Waals surface area contributed by atoms with E-state index in [0.717, 1.165) is 11.1 Å². The van der Waals surface area contributed by atoms with Gasteiger partial charge in [-0.1, -0.05) is 13.0 Å². The van der Waals surface area contributed by atoms with E-state index in [2.05, 4.69) is 5.32 Å². The molecule has 1 rings (SSSR count). The van der Waals surface area contributed by atoms with Gasteiger partial charge < -0.3 is 10.4 Å². The van der Waals surface area contributed by atoms with Crippen LogP contribution in [0.2, 0.25) is 0 Å². The van der Waals surface area contributed by atoms with Crippen LogP contribution in [0.3, 0.4) is 0 Å². The number of rotatable bonds is 5. The van der Waals surface area contributed by atoms with Crippen LogP contribution < -0.4 is 5.32 Å². The van der Waals surface area contributed by atoms with E-state index in [0.29, 0.717) is 19.5 Å². The van der Waals surface area contributed by atoms with Crippen LogP contribution in [0, 0.1) is 12.7 Å². The molecular formula is C13H20FNO. The van der Waals surface area contributed by atoms with Gasteiger partial charge in [-0.25, -0.2) is 4.39 Å². The highest BCUT2D eigenvalue weighted by atomic mass is 19.1. The minimum atomic E-state index is -0.693. The highest BCUT2D eigenvalue weighted by Crippen LogP contribution is 2.11. The Hall–Kier alpha value is -0.930. The van der Waals surface area contributed by atoms with Crippen molar-refractivity contribution in [3.05, 3.63) is 35.1 Å². The van der Waals surface area contributed by atoms with Crippen LogP contribution in [0.1, 0.15) is 31.4 Å². The average Bonchev–Trinajstić information content (AvgIpc) is 2.23. The second-order valence-electron chi connectivity index (χ2n) is 4.52. The van der Waals surface area contributed by atoms with Crippen molar-refractivity contribution in [2.75, 3.05) is 6.54 Å². The van der Waals surface area contributed by atoms with Gasteiger partial charge in [0.1, 0.15) is 5.82 Å². The molecule has 0 amide bonds. The molecule has 0 heterocycles. The molecule has 0 bridgehead atoms. The van der Waals surface area contributed by atoms with E-state index in [1.807, 2.05) is 13.8 Å². The topological polar surface area (TPSA) is 32.3 Å². The van der Waals surface area contributed by atoms with Gasteiger partial charge in [0, 0.05) is 13.1 Å². The molecule has 0 radical (unpaired) electrons. The average molecular weight is 225 g/mol. The summed E-state index contributed by atoms with van der Waals surface area (Å²) in [6.07, 6.45) is 0.697. The molecule has 16 heavy (non-hydrogen) atoms. The van der Waals surface area contributed by atoms with Gasteiger partial charge in [-0.15, -0.1) is 0 Å². The number of benzene rings is 1. The standard InChI is InChI=1S/C13H20FNO/c1-4-13(3,16)9-15-8-11-7-12(14)6-5-10(11)2/h5-7,15-16H,4,8-9H2,1-3H3. The lowest BCUT2D eigenvalue weighted by atomic mass is 10.0. The summed E-state index contributed by atoms with van der Waals surface area (Å²) in [5.41, 5.74) is 1.30. The number of nitrogens with one attached hydrogen (secondary N) is 1. The first-order valence-corrected chi connectivity index (χ1v) is 5.63. The molecule has 90 valence electrons. The van der Waals surface area contributed by atoms with E-state index < -0.39 is 5.60 Å². The van der Waals surface area contributed by atoms with Gasteiger partial charge in [0.15, 0.2) is 0 Å². The smallest absolute Gasteiger partial charge is 0.123 e. The van der Waals surface area contributed by atoms with E-state index >= 15 is 0 Å². The molecule has 1 unspecified atom stereocenters. The zero-order valence-electron chi connectivity index (χ0n) is 10.2. The van der Waals surface area contributed by atoms with Crippen molar-refractivity contribution in [2.45, 2.75) is 39.3 Å². The van der Waals surface area contributed by atoms with E-state index in [1.165, 1.54) is 12.1 Å². The molecule has 2 nitrogen and oxygen atoms in total. The Balaban J connectivity index is 2.52. The number of hydrogen-bond acceptors (Lipinski definition) is 2. The van der Waals surface area contributed by atoms with Crippen LogP contribution in [-0.4, -0.2) is 17.3 Å². The third kappa shape index (κ3) is 3.91. The van der Waals surface area contributed by atoms with Gasteiger partial charge in [0.2, 0.25) is 0 Å². The van der Waals surface area contributed by atoms with Crippen LogP contribution in [-0.2, 0) is 6.54 Å². The van der Waals surface area contributed by atoms with Crippen LogP contribution in [0.25, 0.3) is 0 Å². The third-order valence-electron chi connectivity index (χ3n) is 2.89. The maximum Gasteiger partial charge on any atom is 0.123 e. The Bertz CT molecular complexity index is 350. The summed E-state index contributed by atoms with van der Waals surface area (Å²) in [6.45, 7) is 6.78. The molecule has 0 fully saturated rings. The second kappa shape index (κ2) is 5.41. The van der Waals surface area contributed by atoms with Crippen molar-refractivity contribution in [3.63, 3.8) is 0 Å². The van der Waals surface area contributed by atoms with Gasteiger partial charge in [-0.05, 0) is 43.5 Å². The lowest BCUT2D eigenvalue weighted by Crippen LogP contribution is -2.36. The fourth-order valence-electron chi connectivity index (χ4n) is 1.42. The zero-order valence-corrected chi connectivity index (χ0v) is 10.2. The largest absolute Gasteiger partial charge is 0.389 e. The van der Waals surface area contributed by atoms with Crippen LogP contribution in [0.4, 0.5) is 4.39 Å². The fraction of sp³-hybridized carbons (Fsp3) is 0.538. The lowest BCUT2D eigenvalue weighted by molar-refractivity contribution is 0.0555. The summed E-state index contributed by atoms with van der Waals surface area (Å²) in [7, 11) is 0. The van der Waals surface area contributed by atoms with Gasteiger partial charge >= 0.3 is 0 Å². The van der Waals surface area contributed by atoms with Crippen LogP contribution >= 0.6 is 0 Å². The van der Waals surface area contributed by atoms with E-state index in [1.54, 1.807) is 13.0 Å². The Morgan fingerprint density at radius 1 is 1.44 bits per heavy atom. The maximum absolute atomic E-state index is 13.0. The molecular weight excluding hydrogens is 205 g/mol. The third-order valence-corrected chi connectivity index (χ3v) is 2.89. The quantitative estimate of drug-likeness (QED) is 0.806. The molecule has 0 aliphatic rings. The Morgan fingerprint density at radius 3 is 2.75 bits per heavy atom. The normalized spacial score (nSPS) is 14.8. The molecule has 0 aliphatic carbocycles. The maximum atomic E-state index is 13.0. The molecule has 0 spiro atoms. The molecule has 3 heteroatoms. The van der Waals surface area contributed by atoms with Crippen molar-refractivity contribution in [2.24, 2.45) is 0 Å². The van der Waals surface area contributed by atoms with Gasteiger partial charge in [0.05, 0.1) is 5.60 Å². The Labute approximate surface area is 96.5 Å². The van der Waals surface area contributed by atoms with Gasteiger partial charge in [-0.2, -0.15) is 0 Å².